The van der Waals surface area contributed by atoms with E-state index in [1.54, 1.807) is 0 Å². The van der Waals surface area contributed by atoms with E-state index in [1.807, 2.05) is 0 Å². The summed E-state index contributed by atoms with van der Waals surface area (Å²) in [7, 11) is -2.93. The van der Waals surface area contributed by atoms with E-state index in [4.69, 9.17) is 39.0 Å². The molecular formula is C18H38O10S. The fourth-order valence-corrected chi connectivity index (χ4v) is 3.12. The second kappa shape index (κ2) is 18.4. The summed E-state index contributed by atoms with van der Waals surface area (Å²) in [5.74, 6) is 0.158. The van der Waals surface area contributed by atoms with Gasteiger partial charge in [-0.1, -0.05) is 0 Å². The normalized spacial score (nSPS) is 12.6. The summed E-state index contributed by atoms with van der Waals surface area (Å²) in [6.07, 6.45) is 2.44. The first-order valence-corrected chi connectivity index (χ1v) is 11.8. The average Bonchev–Trinajstić information content (AvgIpc) is 2.66. The van der Waals surface area contributed by atoms with Crippen molar-refractivity contribution in [3.63, 3.8) is 0 Å². The fourth-order valence-electron chi connectivity index (χ4n) is 2.39. The van der Waals surface area contributed by atoms with Crippen molar-refractivity contribution in [2.45, 2.75) is 12.8 Å². The molecule has 0 aliphatic carbocycles. The van der Waals surface area contributed by atoms with Gasteiger partial charge in [0.25, 0.3) is 0 Å². The number of hydrogen-bond acceptors (Lipinski definition) is 10. The van der Waals surface area contributed by atoms with E-state index in [1.165, 1.54) is 6.26 Å². The molecular weight excluding hydrogens is 408 g/mol. The average molecular weight is 447 g/mol. The predicted molar refractivity (Wildman–Crippen MR) is 107 cm³/mol. The standard InChI is InChI=1S/C18H38O10S/c1-29(22,23)13-3-2-7-24-11-12-28-17-18(14-25-8-4-19,15-26-9-5-20)16-27-10-6-21/h19-21H,2-17H2,1H3. The lowest BCUT2D eigenvalue weighted by Crippen LogP contribution is -2.42. The van der Waals surface area contributed by atoms with Gasteiger partial charge in [-0.3, -0.25) is 0 Å². The topological polar surface area (TPSA) is 141 Å². The number of rotatable bonds is 22. The first-order valence-electron chi connectivity index (χ1n) is 9.78. The Morgan fingerprint density at radius 1 is 0.621 bits per heavy atom. The van der Waals surface area contributed by atoms with Crippen molar-refractivity contribution >= 4 is 9.84 Å². The van der Waals surface area contributed by atoms with Crippen molar-refractivity contribution in [3.05, 3.63) is 0 Å². The Kier molecular flexibility index (Phi) is 18.2. The minimum absolute atomic E-state index is 0.112. The molecule has 0 saturated heterocycles. The molecule has 0 amide bonds. The number of aliphatic hydroxyl groups is 3. The van der Waals surface area contributed by atoms with Crippen LogP contribution in [0.3, 0.4) is 0 Å². The van der Waals surface area contributed by atoms with E-state index < -0.39 is 15.3 Å². The quantitative estimate of drug-likeness (QED) is 0.175. The van der Waals surface area contributed by atoms with Crippen LogP contribution in [0.2, 0.25) is 0 Å². The molecule has 0 radical (unpaired) electrons. The highest BCUT2D eigenvalue weighted by atomic mass is 32.2. The largest absolute Gasteiger partial charge is 0.394 e. The molecule has 0 aromatic carbocycles. The molecule has 0 unspecified atom stereocenters. The molecule has 0 aromatic heterocycles. The summed E-state index contributed by atoms with van der Waals surface area (Å²) in [6.45, 7) is 2.21. The van der Waals surface area contributed by atoms with Crippen LogP contribution in [0.15, 0.2) is 0 Å². The Labute approximate surface area is 174 Å². The number of unbranched alkanes of at least 4 members (excludes halogenated alkanes) is 1. The van der Waals surface area contributed by atoms with Crippen LogP contribution in [0.25, 0.3) is 0 Å². The van der Waals surface area contributed by atoms with Crippen LogP contribution in [0.5, 0.6) is 0 Å². The van der Waals surface area contributed by atoms with Crippen molar-refractivity contribution in [1.82, 2.24) is 0 Å². The van der Waals surface area contributed by atoms with Crippen molar-refractivity contribution in [3.8, 4) is 0 Å². The van der Waals surface area contributed by atoms with Gasteiger partial charge in [-0.2, -0.15) is 0 Å². The van der Waals surface area contributed by atoms with Crippen molar-refractivity contribution in [2.24, 2.45) is 5.41 Å². The van der Waals surface area contributed by atoms with Gasteiger partial charge in [0.2, 0.25) is 0 Å². The van der Waals surface area contributed by atoms with E-state index in [0.717, 1.165) is 0 Å². The third kappa shape index (κ3) is 18.1. The van der Waals surface area contributed by atoms with Gasteiger partial charge < -0.3 is 39.0 Å². The van der Waals surface area contributed by atoms with Gasteiger partial charge in [0.1, 0.15) is 9.84 Å². The summed E-state index contributed by atoms with van der Waals surface area (Å²) in [6, 6.07) is 0. The van der Waals surface area contributed by atoms with E-state index in [0.29, 0.717) is 32.7 Å². The van der Waals surface area contributed by atoms with Gasteiger partial charge >= 0.3 is 0 Å². The van der Waals surface area contributed by atoms with Gasteiger partial charge in [-0.15, -0.1) is 0 Å². The zero-order chi connectivity index (χ0) is 21.8. The van der Waals surface area contributed by atoms with Gasteiger partial charge in [0.15, 0.2) is 0 Å². The molecule has 29 heavy (non-hydrogen) atoms. The maximum Gasteiger partial charge on any atom is 0.147 e. The molecule has 10 nitrogen and oxygen atoms in total. The van der Waals surface area contributed by atoms with E-state index >= 15 is 0 Å². The molecule has 0 heterocycles. The molecule has 0 aliphatic rings. The number of aliphatic hydroxyl groups excluding tert-OH is 3. The molecule has 0 fully saturated rings. The summed E-state index contributed by atoms with van der Waals surface area (Å²) < 4.78 is 49.6. The second-order valence-corrected chi connectivity index (χ2v) is 9.09. The highest BCUT2D eigenvalue weighted by molar-refractivity contribution is 7.90. The maximum atomic E-state index is 11.0. The van der Waals surface area contributed by atoms with Gasteiger partial charge in [0.05, 0.1) is 84.7 Å². The second-order valence-electron chi connectivity index (χ2n) is 6.83. The maximum absolute atomic E-state index is 11.0. The van der Waals surface area contributed by atoms with E-state index in [-0.39, 0.29) is 71.8 Å². The molecule has 0 aliphatic heterocycles. The van der Waals surface area contributed by atoms with Crippen molar-refractivity contribution in [1.29, 1.82) is 0 Å². The van der Waals surface area contributed by atoms with Crippen LogP contribution in [0.4, 0.5) is 0 Å². The lowest BCUT2D eigenvalue weighted by atomic mass is 9.92. The summed E-state index contributed by atoms with van der Waals surface area (Å²) in [5.41, 5.74) is -0.658. The highest BCUT2D eigenvalue weighted by Crippen LogP contribution is 2.20. The van der Waals surface area contributed by atoms with Gasteiger partial charge in [0, 0.05) is 18.6 Å². The molecule has 0 saturated carbocycles. The number of hydrogen-bond donors (Lipinski definition) is 3. The fraction of sp³-hybridized carbons (Fsp3) is 1.00. The van der Waals surface area contributed by atoms with E-state index in [2.05, 4.69) is 0 Å². The van der Waals surface area contributed by atoms with Gasteiger partial charge in [-0.25, -0.2) is 8.42 Å². The third-order valence-electron chi connectivity index (χ3n) is 3.77. The molecule has 3 N–H and O–H groups in total. The van der Waals surface area contributed by atoms with Crippen LogP contribution in [-0.4, -0.2) is 122 Å². The Hall–Kier alpha value is -0.370. The highest BCUT2D eigenvalue weighted by Gasteiger charge is 2.32. The minimum Gasteiger partial charge on any atom is -0.394 e. The predicted octanol–water partition coefficient (Wildman–Crippen LogP) is -1.14. The minimum atomic E-state index is -2.93. The molecule has 0 aromatic rings. The first-order chi connectivity index (χ1) is 13.9. The molecule has 0 atom stereocenters. The Bertz CT molecular complexity index is 431. The van der Waals surface area contributed by atoms with Gasteiger partial charge in [-0.05, 0) is 12.8 Å². The zero-order valence-electron chi connectivity index (χ0n) is 17.4. The lowest BCUT2D eigenvalue weighted by molar-refractivity contribution is -0.117. The number of sulfone groups is 1. The summed E-state index contributed by atoms with van der Waals surface area (Å²) in [4.78, 5) is 0. The van der Waals surface area contributed by atoms with Crippen LogP contribution in [0.1, 0.15) is 12.8 Å². The molecule has 0 rings (SSSR count). The molecule has 0 bridgehead atoms. The van der Waals surface area contributed by atoms with Crippen LogP contribution < -0.4 is 0 Å². The smallest absolute Gasteiger partial charge is 0.147 e. The summed E-state index contributed by atoms with van der Waals surface area (Å²) in [5, 5.41) is 26.8. The SMILES string of the molecule is CS(=O)(=O)CCCCOCCOCC(COCCO)(COCCO)COCCO. The first kappa shape index (κ1) is 28.6. The van der Waals surface area contributed by atoms with E-state index in [9.17, 15) is 8.42 Å². The number of ether oxygens (including phenoxy) is 5. The van der Waals surface area contributed by atoms with Crippen molar-refractivity contribution < 1.29 is 47.4 Å². The molecule has 11 heteroatoms. The Balaban J connectivity index is 4.32. The molecule has 176 valence electrons. The summed E-state index contributed by atoms with van der Waals surface area (Å²) >= 11 is 0. The van der Waals surface area contributed by atoms with Crippen LogP contribution in [-0.2, 0) is 33.5 Å². The van der Waals surface area contributed by atoms with Crippen molar-refractivity contribution in [2.75, 3.05) is 97.9 Å². The van der Waals surface area contributed by atoms with Crippen LogP contribution in [0, 0.1) is 5.41 Å². The Morgan fingerprint density at radius 3 is 1.45 bits per heavy atom. The monoisotopic (exact) mass is 446 g/mol. The Morgan fingerprint density at radius 2 is 1.03 bits per heavy atom. The third-order valence-corrected chi connectivity index (χ3v) is 4.80. The molecule has 0 spiro atoms. The lowest BCUT2D eigenvalue weighted by Gasteiger charge is -2.32. The zero-order valence-corrected chi connectivity index (χ0v) is 18.2. The van der Waals surface area contributed by atoms with Crippen LogP contribution >= 0.6 is 0 Å².